The van der Waals surface area contributed by atoms with Crippen LogP contribution >= 0.6 is 0 Å². The minimum Gasteiger partial charge on any atom is -0.314 e. The van der Waals surface area contributed by atoms with Gasteiger partial charge in [-0.2, -0.15) is 0 Å². The Hall–Kier alpha value is -0.120. The Labute approximate surface area is 82.1 Å². The van der Waals surface area contributed by atoms with Crippen LogP contribution in [0, 0.1) is 0 Å². The highest BCUT2D eigenvalue weighted by molar-refractivity contribution is 4.87. The van der Waals surface area contributed by atoms with E-state index in [9.17, 15) is 0 Å². The van der Waals surface area contributed by atoms with Crippen molar-refractivity contribution in [1.29, 1.82) is 0 Å². The van der Waals surface area contributed by atoms with Crippen LogP contribution in [0.5, 0.6) is 0 Å². The molecule has 1 aliphatic rings. The molecule has 1 N–H and O–H groups in total. The number of likely N-dealkylation sites (N-methyl/N-ethyl adjacent to an activating group) is 2. The smallest absolute Gasteiger partial charge is 0.0348 e. The normalized spacial score (nSPS) is 20.8. The van der Waals surface area contributed by atoms with Crippen molar-refractivity contribution in [3.05, 3.63) is 0 Å². The third-order valence-corrected chi connectivity index (χ3v) is 2.79. The fraction of sp³-hybridized carbons (Fsp3) is 1.00. The Kier molecular flexibility index (Phi) is 4.16. The summed E-state index contributed by atoms with van der Waals surface area (Å²) in [5.74, 6) is 0. The first kappa shape index (κ1) is 11.0. The Balaban J connectivity index is 2.35. The molecule has 1 fully saturated rings. The zero-order chi connectivity index (χ0) is 9.84. The summed E-state index contributed by atoms with van der Waals surface area (Å²) >= 11 is 0. The Morgan fingerprint density at radius 2 is 2.00 bits per heavy atom. The zero-order valence-corrected chi connectivity index (χ0v) is 9.38. The van der Waals surface area contributed by atoms with Crippen molar-refractivity contribution >= 4 is 0 Å². The van der Waals surface area contributed by atoms with E-state index >= 15 is 0 Å². The molecule has 0 saturated carbocycles. The van der Waals surface area contributed by atoms with Crippen LogP contribution in [-0.2, 0) is 0 Å². The summed E-state index contributed by atoms with van der Waals surface area (Å²) in [5, 5.41) is 3.33. The second-order valence-electron chi connectivity index (χ2n) is 4.25. The van der Waals surface area contributed by atoms with Gasteiger partial charge in [0.05, 0.1) is 0 Å². The van der Waals surface area contributed by atoms with Gasteiger partial charge in [0.1, 0.15) is 0 Å². The molecule has 0 aromatic heterocycles. The SMILES string of the molecule is CCN(C(C)CN(C)C)C1CNC1. The maximum absolute atomic E-state index is 3.33. The molecule has 0 bridgehead atoms. The van der Waals surface area contributed by atoms with Gasteiger partial charge in [0.2, 0.25) is 0 Å². The summed E-state index contributed by atoms with van der Waals surface area (Å²) in [6, 6.07) is 1.45. The molecule has 78 valence electrons. The molecule has 1 saturated heterocycles. The molecule has 3 heteroatoms. The molecule has 0 radical (unpaired) electrons. The minimum atomic E-state index is 0.673. The molecule has 0 aromatic rings. The first-order valence-electron chi connectivity index (χ1n) is 5.26. The van der Waals surface area contributed by atoms with Crippen LogP contribution in [0.15, 0.2) is 0 Å². The molecule has 3 nitrogen and oxygen atoms in total. The van der Waals surface area contributed by atoms with Gasteiger partial charge in [-0.15, -0.1) is 0 Å². The molecule has 0 aromatic carbocycles. The largest absolute Gasteiger partial charge is 0.314 e. The quantitative estimate of drug-likeness (QED) is 0.661. The minimum absolute atomic E-state index is 0.673. The fourth-order valence-corrected chi connectivity index (χ4v) is 2.07. The lowest BCUT2D eigenvalue weighted by Gasteiger charge is -2.42. The summed E-state index contributed by atoms with van der Waals surface area (Å²) in [7, 11) is 4.28. The Morgan fingerprint density at radius 3 is 2.31 bits per heavy atom. The first-order valence-corrected chi connectivity index (χ1v) is 5.26. The van der Waals surface area contributed by atoms with E-state index in [1.165, 1.54) is 19.6 Å². The summed E-state index contributed by atoms with van der Waals surface area (Å²) in [6.45, 7) is 9.25. The van der Waals surface area contributed by atoms with Crippen LogP contribution in [0.1, 0.15) is 13.8 Å². The van der Waals surface area contributed by atoms with E-state index in [1.54, 1.807) is 0 Å². The molecule has 1 unspecified atom stereocenters. The third kappa shape index (κ3) is 2.93. The Bertz CT molecular complexity index is 143. The van der Waals surface area contributed by atoms with Crippen molar-refractivity contribution in [3.63, 3.8) is 0 Å². The lowest BCUT2D eigenvalue weighted by atomic mass is 10.1. The highest BCUT2D eigenvalue weighted by Gasteiger charge is 2.26. The zero-order valence-electron chi connectivity index (χ0n) is 9.38. The highest BCUT2D eigenvalue weighted by atomic mass is 15.3. The van der Waals surface area contributed by atoms with E-state index in [2.05, 4.69) is 43.1 Å². The van der Waals surface area contributed by atoms with Crippen molar-refractivity contribution < 1.29 is 0 Å². The number of rotatable bonds is 5. The maximum atomic E-state index is 3.33. The molecular weight excluding hydrogens is 162 g/mol. The number of hydrogen-bond donors (Lipinski definition) is 1. The third-order valence-electron chi connectivity index (χ3n) is 2.79. The summed E-state index contributed by atoms with van der Waals surface area (Å²) in [6.07, 6.45) is 0. The standard InChI is InChI=1S/C10H23N3/c1-5-13(10-6-11-7-10)9(2)8-12(3)4/h9-11H,5-8H2,1-4H3. The number of nitrogens with zero attached hydrogens (tertiary/aromatic N) is 2. The highest BCUT2D eigenvalue weighted by Crippen LogP contribution is 2.09. The predicted molar refractivity (Wildman–Crippen MR) is 57.1 cm³/mol. The van der Waals surface area contributed by atoms with Crippen LogP contribution in [0.4, 0.5) is 0 Å². The molecule has 0 amide bonds. The fourth-order valence-electron chi connectivity index (χ4n) is 2.07. The monoisotopic (exact) mass is 185 g/mol. The van der Waals surface area contributed by atoms with Gasteiger partial charge in [-0.1, -0.05) is 6.92 Å². The van der Waals surface area contributed by atoms with Crippen molar-refractivity contribution in [2.24, 2.45) is 0 Å². The molecule has 13 heavy (non-hydrogen) atoms. The molecule has 0 spiro atoms. The molecule has 1 heterocycles. The lowest BCUT2D eigenvalue weighted by molar-refractivity contribution is 0.0936. The van der Waals surface area contributed by atoms with Crippen LogP contribution in [0.3, 0.4) is 0 Å². The Morgan fingerprint density at radius 1 is 1.38 bits per heavy atom. The van der Waals surface area contributed by atoms with Crippen LogP contribution in [0.25, 0.3) is 0 Å². The first-order chi connectivity index (χ1) is 6.15. The predicted octanol–water partition coefficient (Wildman–Crippen LogP) is 0.230. The topological polar surface area (TPSA) is 18.5 Å². The number of hydrogen-bond acceptors (Lipinski definition) is 3. The van der Waals surface area contributed by atoms with Crippen molar-refractivity contribution in [1.82, 2.24) is 15.1 Å². The second kappa shape index (κ2) is 4.94. The lowest BCUT2D eigenvalue weighted by Crippen LogP contribution is -2.60. The van der Waals surface area contributed by atoms with E-state index in [1.807, 2.05) is 0 Å². The van der Waals surface area contributed by atoms with Gasteiger partial charge in [-0.25, -0.2) is 0 Å². The molecular formula is C10H23N3. The van der Waals surface area contributed by atoms with Gasteiger partial charge >= 0.3 is 0 Å². The van der Waals surface area contributed by atoms with Crippen molar-refractivity contribution in [3.8, 4) is 0 Å². The van der Waals surface area contributed by atoms with Gasteiger partial charge in [-0.3, -0.25) is 4.90 Å². The van der Waals surface area contributed by atoms with E-state index < -0.39 is 0 Å². The average molecular weight is 185 g/mol. The van der Waals surface area contributed by atoms with Gasteiger partial charge in [0, 0.05) is 31.7 Å². The van der Waals surface area contributed by atoms with Crippen LogP contribution in [0.2, 0.25) is 0 Å². The van der Waals surface area contributed by atoms with E-state index in [0.29, 0.717) is 6.04 Å². The van der Waals surface area contributed by atoms with Crippen LogP contribution < -0.4 is 5.32 Å². The summed E-state index contributed by atoms with van der Waals surface area (Å²) < 4.78 is 0. The van der Waals surface area contributed by atoms with Gasteiger partial charge in [0.15, 0.2) is 0 Å². The summed E-state index contributed by atoms with van der Waals surface area (Å²) in [5.41, 5.74) is 0. The van der Waals surface area contributed by atoms with Gasteiger partial charge in [0.25, 0.3) is 0 Å². The van der Waals surface area contributed by atoms with E-state index in [-0.39, 0.29) is 0 Å². The molecule has 1 rings (SSSR count). The van der Waals surface area contributed by atoms with Crippen LogP contribution in [-0.4, -0.2) is 62.2 Å². The van der Waals surface area contributed by atoms with Crippen molar-refractivity contribution in [2.45, 2.75) is 25.9 Å². The average Bonchev–Trinajstić information content (AvgIpc) is 1.94. The van der Waals surface area contributed by atoms with E-state index in [0.717, 1.165) is 12.6 Å². The van der Waals surface area contributed by atoms with Crippen molar-refractivity contribution in [2.75, 3.05) is 40.3 Å². The number of nitrogens with one attached hydrogen (secondary N) is 1. The maximum Gasteiger partial charge on any atom is 0.0348 e. The molecule has 1 aliphatic heterocycles. The molecule has 1 atom stereocenters. The summed E-state index contributed by atoms with van der Waals surface area (Å²) in [4.78, 5) is 4.86. The van der Waals surface area contributed by atoms with Gasteiger partial charge < -0.3 is 10.2 Å². The van der Waals surface area contributed by atoms with Gasteiger partial charge in [-0.05, 0) is 27.6 Å². The molecule has 0 aliphatic carbocycles. The van der Waals surface area contributed by atoms with E-state index in [4.69, 9.17) is 0 Å². The second-order valence-corrected chi connectivity index (χ2v) is 4.25.